The zero-order valence-electron chi connectivity index (χ0n) is 11.8. The topological polar surface area (TPSA) is 64.4 Å². The first kappa shape index (κ1) is 14.5. The van der Waals surface area contributed by atoms with Gasteiger partial charge in [-0.05, 0) is 37.5 Å². The molecule has 0 aliphatic rings. The first-order valence-electron chi connectivity index (χ1n) is 6.03. The van der Waals surface area contributed by atoms with Crippen LogP contribution in [-0.2, 0) is 4.79 Å². The number of hydrogen-bond acceptors (Lipinski definition) is 3. The minimum absolute atomic E-state index is 0.0674. The van der Waals surface area contributed by atoms with Crippen molar-refractivity contribution in [1.29, 1.82) is 0 Å². The SMILES string of the molecule is CNC(=O)CC(N)c1c(C)cc(C)c(C)c1OC. The molecule has 18 heavy (non-hydrogen) atoms. The van der Waals surface area contributed by atoms with Crippen LogP contribution in [0.1, 0.15) is 34.7 Å². The van der Waals surface area contributed by atoms with Gasteiger partial charge in [-0.15, -0.1) is 0 Å². The molecular weight excluding hydrogens is 228 g/mol. The Kier molecular flexibility index (Phi) is 4.73. The average Bonchev–Trinajstić information content (AvgIpc) is 2.32. The highest BCUT2D eigenvalue weighted by Gasteiger charge is 2.20. The molecule has 0 radical (unpaired) electrons. The maximum absolute atomic E-state index is 11.4. The Morgan fingerprint density at radius 1 is 1.39 bits per heavy atom. The van der Waals surface area contributed by atoms with Crippen LogP contribution in [-0.4, -0.2) is 20.1 Å². The summed E-state index contributed by atoms with van der Waals surface area (Å²) in [5.41, 5.74) is 10.4. The minimum atomic E-state index is -0.348. The van der Waals surface area contributed by atoms with Gasteiger partial charge in [-0.2, -0.15) is 0 Å². The largest absolute Gasteiger partial charge is 0.496 e. The summed E-state index contributed by atoms with van der Waals surface area (Å²) in [6.45, 7) is 6.04. The highest BCUT2D eigenvalue weighted by atomic mass is 16.5. The monoisotopic (exact) mass is 250 g/mol. The summed E-state index contributed by atoms with van der Waals surface area (Å²) in [7, 11) is 3.25. The van der Waals surface area contributed by atoms with Gasteiger partial charge in [-0.25, -0.2) is 0 Å². The number of carbonyl (C=O) groups is 1. The standard InChI is InChI=1S/C14H22N2O2/c1-8-6-9(2)13(14(18-5)10(8)3)11(15)7-12(17)16-4/h6,11H,7,15H2,1-5H3,(H,16,17). The van der Waals surface area contributed by atoms with Crippen LogP contribution >= 0.6 is 0 Å². The van der Waals surface area contributed by atoms with E-state index in [1.165, 1.54) is 5.56 Å². The lowest BCUT2D eigenvalue weighted by Crippen LogP contribution is -2.25. The van der Waals surface area contributed by atoms with Gasteiger partial charge in [0.2, 0.25) is 5.91 Å². The van der Waals surface area contributed by atoms with E-state index in [4.69, 9.17) is 10.5 Å². The van der Waals surface area contributed by atoms with Crippen molar-refractivity contribution in [3.63, 3.8) is 0 Å². The minimum Gasteiger partial charge on any atom is -0.496 e. The maximum atomic E-state index is 11.4. The van der Waals surface area contributed by atoms with Gasteiger partial charge in [-0.3, -0.25) is 4.79 Å². The Balaban J connectivity index is 3.22. The van der Waals surface area contributed by atoms with E-state index in [1.54, 1.807) is 14.2 Å². The van der Waals surface area contributed by atoms with Crippen molar-refractivity contribution in [1.82, 2.24) is 5.32 Å². The summed E-state index contributed by atoms with van der Waals surface area (Å²) in [4.78, 5) is 11.4. The first-order chi connectivity index (χ1) is 8.42. The van der Waals surface area contributed by atoms with Gasteiger partial charge in [0.05, 0.1) is 7.11 Å². The van der Waals surface area contributed by atoms with E-state index in [1.807, 2.05) is 20.8 Å². The van der Waals surface area contributed by atoms with Crippen molar-refractivity contribution >= 4 is 5.91 Å². The molecule has 3 N–H and O–H groups in total. The number of benzene rings is 1. The van der Waals surface area contributed by atoms with Crippen molar-refractivity contribution in [2.75, 3.05) is 14.2 Å². The zero-order valence-corrected chi connectivity index (χ0v) is 11.8. The van der Waals surface area contributed by atoms with Crippen LogP contribution in [0.3, 0.4) is 0 Å². The lowest BCUT2D eigenvalue weighted by Gasteiger charge is -2.21. The summed E-state index contributed by atoms with van der Waals surface area (Å²) in [6, 6.07) is 1.73. The van der Waals surface area contributed by atoms with Crippen molar-refractivity contribution in [2.24, 2.45) is 5.73 Å². The molecule has 4 heteroatoms. The van der Waals surface area contributed by atoms with Crippen molar-refractivity contribution in [3.8, 4) is 5.75 Å². The van der Waals surface area contributed by atoms with Crippen LogP contribution in [0.2, 0.25) is 0 Å². The highest BCUT2D eigenvalue weighted by Crippen LogP contribution is 2.34. The van der Waals surface area contributed by atoms with Gasteiger partial charge in [0.1, 0.15) is 5.75 Å². The molecule has 0 aliphatic heterocycles. The van der Waals surface area contributed by atoms with Crippen LogP contribution in [0.5, 0.6) is 5.75 Å². The number of aryl methyl sites for hydroxylation is 2. The Bertz CT molecular complexity index is 456. The molecule has 0 aliphatic carbocycles. The second kappa shape index (κ2) is 5.87. The van der Waals surface area contributed by atoms with Gasteiger partial charge >= 0.3 is 0 Å². The molecule has 0 saturated heterocycles. The van der Waals surface area contributed by atoms with Gasteiger partial charge in [0.25, 0.3) is 0 Å². The van der Waals surface area contributed by atoms with E-state index in [9.17, 15) is 4.79 Å². The summed E-state index contributed by atoms with van der Waals surface area (Å²) < 4.78 is 5.46. The Morgan fingerprint density at radius 3 is 2.50 bits per heavy atom. The summed E-state index contributed by atoms with van der Waals surface area (Å²) in [6.07, 6.45) is 0.260. The third kappa shape index (κ3) is 2.82. The molecule has 1 amide bonds. The molecule has 1 unspecified atom stereocenters. The normalized spacial score (nSPS) is 12.1. The third-order valence-electron chi connectivity index (χ3n) is 3.29. The smallest absolute Gasteiger partial charge is 0.221 e. The fraction of sp³-hybridized carbons (Fsp3) is 0.500. The lowest BCUT2D eigenvalue weighted by atomic mass is 9.93. The van der Waals surface area contributed by atoms with Crippen molar-refractivity contribution in [2.45, 2.75) is 33.2 Å². The Labute approximate surface area is 109 Å². The molecule has 1 atom stereocenters. The van der Waals surface area contributed by atoms with Crippen molar-refractivity contribution < 1.29 is 9.53 Å². The van der Waals surface area contributed by atoms with E-state index in [2.05, 4.69) is 11.4 Å². The number of amides is 1. The fourth-order valence-corrected chi connectivity index (χ4v) is 2.20. The summed E-state index contributed by atoms with van der Waals surface area (Å²) in [5.74, 6) is 0.728. The second-order valence-electron chi connectivity index (χ2n) is 4.57. The van der Waals surface area contributed by atoms with Crippen LogP contribution in [0, 0.1) is 20.8 Å². The van der Waals surface area contributed by atoms with Crippen LogP contribution in [0.15, 0.2) is 6.07 Å². The molecule has 0 aromatic heterocycles. The first-order valence-corrected chi connectivity index (χ1v) is 6.03. The molecule has 0 heterocycles. The number of ether oxygens (including phenoxy) is 1. The molecule has 0 bridgehead atoms. The van der Waals surface area contributed by atoms with Crippen LogP contribution < -0.4 is 15.8 Å². The van der Waals surface area contributed by atoms with Gasteiger partial charge in [-0.1, -0.05) is 6.07 Å². The lowest BCUT2D eigenvalue weighted by molar-refractivity contribution is -0.120. The maximum Gasteiger partial charge on any atom is 0.221 e. The predicted molar refractivity (Wildman–Crippen MR) is 72.8 cm³/mol. The van der Waals surface area contributed by atoms with Gasteiger partial charge in [0.15, 0.2) is 0 Å². The number of hydrogen-bond donors (Lipinski definition) is 2. The fourth-order valence-electron chi connectivity index (χ4n) is 2.20. The van der Waals surface area contributed by atoms with E-state index < -0.39 is 0 Å². The molecule has 1 aromatic carbocycles. The molecule has 0 spiro atoms. The van der Waals surface area contributed by atoms with Gasteiger partial charge in [0, 0.05) is 25.1 Å². The summed E-state index contributed by atoms with van der Waals surface area (Å²) >= 11 is 0. The average molecular weight is 250 g/mol. The van der Waals surface area contributed by atoms with Crippen molar-refractivity contribution in [3.05, 3.63) is 28.3 Å². The van der Waals surface area contributed by atoms with Gasteiger partial charge < -0.3 is 15.8 Å². The zero-order chi connectivity index (χ0) is 13.9. The summed E-state index contributed by atoms with van der Waals surface area (Å²) in [5, 5.41) is 2.59. The second-order valence-corrected chi connectivity index (χ2v) is 4.57. The van der Waals surface area contributed by atoms with E-state index in [0.29, 0.717) is 0 Å². The Morgan fingerprint density at radius 2 is 2.00 bits per heavy atom. The molecule has 0 fully saturated rings. The third-order valence-corrected chi connectivity index (χ3v) is 3.29. The molecule has 0 saturated carbocycles. The predicted octanol–water partition coefficient (Wildman–Crippen LogP) is 1.76. The van der Waals surface area contributed by atoms with Crippen LogP contribution in [0.4, 0.5) is 0 Å². The number of nitrogens with two attached hydrogens (primary N) is 1. The highest BCUT2D eigenvalue weighted by molar-refractivity contribution is 5.76. The molecule has 1 rings (SSSR count). The quantitative estimate of drug-likeness (QED) is 0.855. The number of rotatable bonds is 4. The number of nitrogens with one attached hydrogen (secondary N) is 1. The number of methoxy groups -OCH3 is 1. The molecule has 4 nitrogen and oxygen atoms in total. The Hall–Kier alpha value is -1.55. The van der Waals surface area contributed by atoms with E-state index in [-0.39, 0.29) is 18.4 Å². The van der Waals surface area contributed by atoms with E-state index >= 15 is 0 Å². The van der Waals surface area contributed by atoms with E-state index in [0.717, 1.165) is 22.4 Å². The molecular formula is C14H22N2O2. The molecule has 100 valence electrons. The number of carbonyl (C=O) groups excluding carboxylic acids is 1. The van der Waals surface area contributed by atoms with Crippen LogP contribution in [0.25, 0.3) is 0 Å². The molecule has 1 aromatic rings.